The van der Waals surface area contributed by atoms with Crippen molar-refractivity contribution in [2.45, 2.75) is 45.6 Å². The molecule has 0 bridgehead atoms. The van der Waals surface area contributed by atoms with Gasteiger partial charge >= 0.3 is 0 Å². The van der Waals surface area contributed by atoms with Crippen molar-refractivity contribution in [2.75, 3.05) is 11.4 Å². The number of furan rings is 1. The van der Waals surface area contributed by atoms with Crippen molar-refractivity contribution < 1.29 is 33.1 Å². The molecule has 1 aromatic heterocycles. The molecule has 1 N–H and O–H groups in total. The van der Waals surface area contributed by atoms with E-state index in [4.69, 9.17) is 16.0 Å². The van der Waals surface area contributed by atoms with Crippen LogP contribution in [-0.2, 0) is 25.8 Å². The van der Waals surface area contributed by atoms with Gasteiger partial charge in [0.1, 0.15) is 23.9 Å². The summed E-state index contributed by atoms with van der Waals surface area (Å²) in [5.74, 6) is -4.44. The van der Waals surface area contributed by atoms with E-state index in [0.29, 0.717) is 30.9 Å². The molecule has 1 aromatic carbocycles. The minimum atomic E-state index is -1.29. The third-order valence-electron chi connectivity index (χ3n) is 9.10. The van der Waals surface area contributed by atoms with E-state index >= 15 is 0 Å². The Labute approximate surface area is 229 Å². The number of allylic oxidation sites excluding steroid dienone is 2. The maximum Gasteiger partial charge on any atom is 0.241 e. The maximum absolute atomic E-state index is 14.2. The molecule has 10 heteroatoms. The first-order valence-electron chi connectivity index (χ1n) is 13.2. The van der Waals surface area contributed by atoms with Gasteiger partial charge < -0.3 is 9.52 Å². The van der Waals surface area contributed by atoms with E-state index in [1.165, 1.54) is 17.0 Å². The summed E-state index contributed by atoms with van der Waals surface area (Å²) >= 11 is 6.00. The van der Waals surface area contributed by atoms with Crippen LogP contribution in [0.4, 0.5) is 10.1 Å². The zero-order valence-corrected chi connectivity index (χ0v) is 22.3. The molecule has 204 valence electrons. The van der Waals surface area contributed by atoms with Crippen LogP contribution in [0.5, 0.6) is 0 Å². The fourth-order valence-electron chi connectivity index (χ4n) is 7.33. The summed E-state index contributed by atoms with van der Waals surface area (Å²) in [5, 5.41) is 9.45. The van der Waals surface area contributed by atoms with Crippen molar-refractivity contribution >= 4 is 40.9 Å². The summed E-state index contributed by atoms with van der Waals surface area (Å²) < 4.78 is 19.9. The minimum absolute atomic E-state index is 0.164. The molecule has 3 heterocycles. The summed E-state index contributed by atoms with van der Waals surface area (Å²) in [6, 6.07) is 7.01. The highest BCUT2D eigenvalue weighted by Gasteiger charge is 2.68. The largest absolute Gasteiger partial charge is 0.463 e. The smallest absolute Gasteiger partial charge is 0.241 e. The van der Waals surface area contributed by atoms with Gasteiger partial charge in [-0.15, -0.1) is 0 Å². The summed E-state index contributed by atoms with van der Waals surface area (Å²) in [6.45, 7) is 3.63. The van der Waals surface area contributed by atoms with Crippen LogP contribution in [0.3, 0.4) is 0 Å². The predicted molar refractivity (Wildman–Crippen MR) is 138 cm³/mol. The quantitative estimate of drug-likeness (QED) is 0.438. The van der Waals surface area contributed by atoms with Crippen molar-refractivity contribution in [3.05, 3.63) is 64.3 Å². The Kier molecular flexibility index (Phi) is 6.07. The molecule has 6 rings (SSSR count). The lowest BCUT2D eigenvalue weighted by Crippen LogP contribution is -2.48. The summed E-state index contributed by atoms with van der Waals surface area (Å²) in [7, 11) is 0. The van der Waals surface area contributed by atoms with Gasteiger partial charge in [0.25, 0.3) is 0 Å². The van der Waals surface area contributed by atoms with Crippen molar-refractivity contribution in [1.82, 2.24) is 4.90 Å². The highest BCUT2D eigenvalue weighted by atomic mass is 35.5. The molecule has 4 aliphatic rings. The Morgan fingerprint density at radius 1 is 1.10 bits per heavy atom. The molecule has 2 aliphatic carbocycles. The molecule has 2 saturated heterocycles. The lowest BCUT2D eigenvalue weighted by Gasteiger charge is -2.48. The second-order valence-electron chi connectivity index (χ2n) is 11.1. The van der Waals surface area contributed by atoms with Crippen molar-refractivity contribution in [2.24, 2.45) is 29.1 Å². The van der Waals surface area contributed by atoms with E-state index in [-0.39, 0.29) is 35.6 Å². The molecular weight excluding hydrogens is 527 g/mol. The van der Waals surface area contributed by atoms with Gasteiger partial charge in [0.05, 0.1) is 39.8 Å². The molecule has 1 saturated carbocycles. The topological polar surface area (TPSA) is 108 Å². The van der Waals surface area contributed by atoms with Gasteiger partial charge in [-0.1, -0.05) is 30.2 Å². The number of likely N-dealkylation sites (tertiary alicyclic amines) is 1. The number of halogens is 2. The molecular formula is C29H28ClFN2O6. The highest BCUT2D eigenvalue weighted by Crippen LogP contribution is 2.63. The van der Waals surface area contributed by atoms with Crippen LogP contribution in [0.15, 0.2) is 46.4 Å². The number of amides is 4. The number of imide groups is 2. The number of aliphatic hydroxyl groups excluding tert-OH is 1. The standard InChI is InChI=1S/C29H28ClFN2O6/c1-3-10-32-25(35)17-7-6-16-18(23(17)27(32)37)12-19-26(36)33(14-4-8-21(31)20(30)11-14)28(38)29(19,2)24(16)22-9-5-15(13-34)39-22/h4-6,8-9,11,17-19,23-24,34H,3,7,10,12-13H2,1-2H3. The Morgan fingerprint density at radius 3 is 2.54 bits per heavy atom. The van der Waals surface area contributed by atoms with Crippen molar-refractivity contribution in [3.63, 3.8) is 0 Å². The van der Waals surface area contributed by atoms with Gasteiger partial charge in [-0.05, 0) is 62.4 Å². The average molecular weight is 555 g/mol. The number of fused-ring (bicyclic) bond motifs is 4. The predicted octanol–water partition coefficient (Wildman–Crippen LogP) is 4.21. The Balaban J connectivity index is 1.50. The number of carbonyl (C=O) groups excluding carboxylic acids is 4. The average Bonchev–Trinajstić information content (AvgIpc) is 3.54. The van der Waals surface area contributed by atoms with Crippen LogP contribution in [0.1, 0.15) is 50.5 Å². The van der Waals surface area contributed by atoms with E-state index in [9.17, 15) is 28.7 Å². The van der Waals surface area contributed by atoms with Gasteiger partial charge in [0, 0.05) is 6.54 Å². The number of anilines is 1. The molecule has 4 amide bonds. The van der Waals surface area contributed by atoms with Crippen LogP contribution in [-0.4, -0.2) is 40.2 Å². The number of nitrogens with zero attached hydrogens (tertiary/aromatic N) is 2. The van der Waals surface area contributed by atoms with E-state index in [1.807, 2.05) is 13.0 Å². The van der Waals surface area contributed by atoms with Crippen LogP contribution in [0.2, 0.25) is 5.02 Å². The summed E-state index contributed by atoms with van der Waals surface area (Å²) in [4.78, 5) is 57.3. The van der Waals surface area contributed by atoms with E-state index in [1.54, 1.807) is 19.1 Å². The fourth-order valence-corrected chi connectivity index (χ4v) is 7.51. The molecule has 0 spiro atoms. The third-order valence-corrected chi connectivity index (χ3v) is 9.39. The van der Waals surface area contributed by atoms with Gasteiger partial charge in [-0.2, -0.15) is 0 Å². The van der Waals surface area contributed by atoms with Gasteiger partial charge in [0.15, 0.2) is 0 Å². The van der Waals surface area contributed by atoms with Gasteiger partial charge in [-0.25, -0.2) is 9.29 Å². The monoisotopic (exact) mass is 554 g/mol. The zero-order chi connectivity index (χ0) is 27.8. The second kappa shape index (κ2) is 9.13. The van der Waals surface area contributed by atoms with Crippen LogP contribution in [0.25, 0.3) is 0 Å². The number of hydrogen-bond acceptors (Lipinski definition) is 6. The Bertz CT molecular complexity index is 1450. The number of rotatable bonds is 5. The van der Waals surface area contributed by atoms with Crippen LogP contribution >= 0.6 is 11.6 Å². The second-order valence-corrected chi connectivity index (χ2v) is 11.5. The lowest BCUT2D eigenvalue weighted by molar-refractivity contribution is -0.140. The maximum atomic E-state index is 14.2. The lowest BCUT2D eigenvalue weighted by atomic mass is 9.52. The van der Waals surface area contributed by atoms with E-state index in [2.05, 4.69) is 0 Å². The normalized spacial score (nSPS) is 31.9. The number of aliphatic hydroxyl groups is 1. The van der Waals surface area contributed by atoms with Crippen LogP contribution < -0.4 is 4.90 Å². The van der Waals surface area contributed by atoms with Gasteiger partial charge in [-0.3, -0.25) is 24.1 Å². The number of benzene rings is 1. The van der Waals surface area contributed by atoms with Gasteiger partial charge in [0.2, 0.25) is 23.6 Å². The van der Waals surface area contributed by atoms with E-state index in [0.717, 1.165) is 16.5 Å². The molecule has 6 atom stereocenters. The highest BCUT2D eigenvalue weighted by molar-refractivity contribution is 6.31. The molecule has 39 heavy (non-hydrogen) atoms. The van der Waals surface area contributed by atoms with Crippen molar-refractivity contribution in [3.8, 4) is 0 Å². The molecule has 6 unspecified atom stereocenters. The summed E-state index contributed by atoms with van der Waals surface area (Å²) in [6.07, 6.45) is 3.15. The molecule has 3 fully saturated rings. The first-order valence-corrected chi connectivity index (χ1v) is 13.6. The number of carbonyl (C=O) groups is 4. The molecule has 0 radical (unpaired) electrons. The molecule has 2 aliphatic heterocycles. The van der Waals surface area contributed by atoms with Crippen molar-refractivity contribution in [1.29, 1.82) is 0 Å². The SMILES string of the molecule is CCCN1C(=O)C2CC=C3C(CC4C(=O)N(c5ccc(F)c(Cl)c5)C(=O)C4(C)C3c3ccc(CO)o3)C2C1=O. The Morgan fingerprint density at radius 2 is 1.87 bits per heavy atom. The Hall–Kier alpha value is -3.30. The summed E-state index contributed by atoms with van der Waals surface area (Å²) in [5.41, 5.74) is -0.322. The molecule has 8 nitrogen and oxygen atoms in total. The zero-order valence-electron chi connectivity index (χ0n) is 21.5. The first kappa shape index (κ1) is 26.0. The first-order chi connectivity index (χ1) is 18.6. The number of hydrogen-bond donors (Lipinski definition) is 1. The van der Waals surface area contributed by atoms with Crippen LogP contribution in [0, 0.1) is 34.9 Å². The fraction of sp³-hybridized carbons (Fsp3) is 0.448. The van der Waals surface area contributed by atoms with E-state index < -0.39 is 52.6 Å². The third kappa shape index (κ3) is 3.52. The molecule has 2 aromatic rings. The minimum Gasteiger partial charge on any atom is -0.463 e.